The average molecular weight is 348 g/mol. The molecule has 2 aromatic rings. The monoisotopic (exact) mass is 347 g/mol. The molecular weight excluding hydrogens is 322 g/mol. The Balaban J connectivity index is 0.00000208. The van der Waals surface area contributed by atoms with E-state index in [9.17, 15) is 4.79 Å². The second-order valence-electron chi connectivity index (χ2n) is 6.19. The van der Waals surface area contributed by atoms with Crippen LogP contribution in [-0.2, 0) is 0 Å². The van der Waals surface area contributed by atoms with Gasteiger partial charge in [0.1, 0.15) is 5.69 Å². The Hall–Kier alpha value is -1.78. The van der Waals surface area contributed by atoms with E-state index in [4.69, 9.17) is 0 Å². The third kappa shape index (κ3) is 4.40. The van der Waals surface area contributed by atoms with Crippen LogP contribution in [0.1, 0.15) is 30.3 Å². The van der Waals surface area contributed by atoms with Gasteiger partial charge in [-0.25, -0.2) is 0 Å². The van der Waals surface area contributed by atoms with Crippen molar-refractivity contribution >= 4 is 18.3 Å². The number of nitrogens with zero attached hydrogens (tertiary/aromatic N) is 1. The lowest BCUT2D eigenvalue weighted by Gasteiger charge is -2.31. The minimum absolute atomic E-state index is 0. The highest BCUT2D eigenvalue weighted by Crippen LogP contribution is 2.21. The molecule has 0 spiro atoms. The van der Waals surface area contributed by atoms with Crippen LogP contribution in [0, 0.1) is 5.92 Å². The number of H-pyrrole nitrogens is 1. The highest BCUT2D eigenvalue weighted by Gasteiger charge is 2.24. The Bertz CT molecular complexity index is 633. The van der Waals surface area contributed by atoms with E-state index >= 15 is 0 Å². The fourth-order valence-electron chi connectivity index (χ4n) is 3.16. The lowest BCUT2D eigenvalue weighted by molar-refractivity contribution is 0.0685. The van der Waals surface area contributed by atoms with E-state index in [2.05, 4.69) is 17.2 Å². The number of rotatable bonds is 5. The van der Waals surface area contributed by atoms with Gasteiger partial charge in [-0.15, -0.1) is 12.4 Å². The van der Waals surface area contributed by atoms with E-state index in [-0.39, 0.29) is 18.3 Å². The zero-order valence-electron chi connectivity index (χ0n) is 14.1. The highest BCUT2D eigenvalue weighted by atomic mass is 35.5. The fraction of sp³-hybridized carbons (Fsp3) is 0.421. The maximum atomic E-state index is 12.6. The number of amides is 1. The number of likely N-dealkylation sites (tertiary alicyclic amines) is 1. The molecule has 0 unspecified atom stereocenters. The minimum Gasteiger partial charge on any atom is -0.351 e. The third-order valence-corrected chi connectivity index (χ3v) is 4.59. The van der Waals surface area contributed by atoms with Gasteiger partial charge < -0.3 is 15.2 Å². The molecule has 2 N–H and O–H groups in total. The molecule has 1 saturated heterocycles. The fourth-order valence-corrected chi connectivity index (χ4v) is 3.16. The summed E-state index contributed by atoms with van der Waals surface area (Å²) in [6, 6.07) is 14.0. The first-order valence-corrected chi connectivity index (χ1v) is 8.52. The van der Waals surface area contributed by atoms with E-state index in [1.54, 1.807) is 0 Å². The number of halogens is 1. The Morgan fingerprint density at radius 3 is 2.54 bits per heavy atom. The number of hydrogen-bond donors (Lipinski definition) is 2. The molecule has 4 nitrogen and oxygen atoms in total. The summed E-state index contributed by atoms with van der Waals surface area (Å²) < 4.78 is 0. The van der Waals surface area contributed by atoms with Crippen molar-refractivity contribution in [3.05, 3.63) is 48.2 Å². The SMILES string of the molecule is CCNCC1CCN(C(=O)c2ccc(-c3ccccc3)[nH]2)CC1.Cl. The smallest absolute Gasteiger partial charge is 0.270 e. The van der Waals surface area contributed by atoms with Crippen LogP contribution in [0.4, 0.5) is 0 Å². The van der Waals surface area contributed by atoms with Crippen LogP contribution in [0.5, 0.6) is 0 Å². The molecular formula is C19H26ClN3O. The molecule has 1 amide bonds. The Labute approximate surface area is 150 Å². The zero-order chi connectivity index (χ0) is 16.1. The van der Waals surface area contributed by atoms with Gasteiger partial charge in [0.25, 0.3) is 5.91 Å². The predicted molar refractivity (Wildman–Crippen MR) is 101 cm³/mol. The van der Waals surface area contributed by atoms with Crippen molar-refractivity contribution in [2.75, 3.05) is 26.2 Å². The zero-order valence-corrected chi connectivity index (χ0v) is 14.9. The van der Waals surface area contributed by atoms with Crippen molar-refractivity contribution in [1.82, 2.24) is 15.2 Å². The summed E-state index contributed by atoms with van der Waals surface area (Å²) in [6.45, 7) is 5.93. The van der Waals surface area contributed by atoms with Crippen LogP contribution in [0.15, 0.2) is 42.5 Å². The summed E-state index contributed by atoms with van der Waals surface area (Å²) in [4.78, 5) is 17.9. The van der Waals surface area contributed by atoms with Gasteiger partial charge in [-0.05, 0) is 49.5 Å². The molecule has 1 aromatic carbocycles. The van der Waals surface area contributed by atoms with Gasteiger partial charge in [0, 0.05) is 18.8 Å². The second kappa shape index (κ2) is 8.90. The van der Waals surface area contributed by atoms with Gasteiger partial charge >= 0.3 is 0 Å². The normalized spacial score (nSPS) is 15.1. The Morgan fingerprint density at radius 2 is 1.88 bits per heavy atom. The molecule has 5 heteroatoms. The lowest BCUT2D eigenvalue weighted by Crippen LogP contribution is -2.40. The van der Waals surface area contributed by atoms with Crippen molar-refractivity contribution in [3.8, 4) is 11.3 Å². The lowest BCUT2D eigenvalue weighted by atomic mass is 9.96. The van der Waals surface area contributed by atoms with Crippen LogP contribution in [0.25, 0.3) is 11.3 Å². The van der Waals surface area contributed by atoms with Gasteiger partial charge in [-0.3, -0.25) is 4.79 Å². The molecule has 0 atom stereocenters. The van der Waals surface area contributed by atoms with E-state index in [0.717, 1.165) is 50.3 Å². The molecule has 0 bridgehead atoms. The first kappa shape index (κ1) is 18.6. The second-order valence-corrected chi connectivity index (χ2v) is 6.19. The summed E-state index contributed by atoms with van der Waals surface area (Å²) >= 11 is 0. The number of carbonyl (C=O) groups is 1. The van der Waals surface area contributed by atoms with Gasteiger partial charge in [0.2, 0.25) is 0 Å². The van der Waals surface area contributed by atoms with Crippen LogP contribution in [0.3, 0.4) is 0 Å². The minimum atomic E-state index is 0. The number of benzene rings is 1. The molecule has 130 valence electrons. The van der Waals surface area contributed by atoms with Crippen molar-refractivity contribution in [2.24, 2.45) is 5.92 Å². The van der Waals surface area contributed by atoms with Crippen LogP contribution in [0.2, 0.25) is 0 Å². The van der Waals surface area contributed by atoms with Crippen LogP contribution in [-0.4, -0.2) is 42.0 Å². The molecule has 0 saturated carbocycles. The molecule has 1 fully saturated rings. The van der Waals surface area contributed by atoms with Crippen molar-refractivity contribution in [2.45, 2.75) is 19.8 Å². The molecule has 2 heterocycles. The maximum absolute atomic E-state index is 12.6. The number of piperidine rings is 1. The van der Waals surface area contributed by atoms with E-state index in [0.29, 0.717) is 11.6 Å². The van der Waals surface area contributed by atoms with Crippen LogP contribution < -0.4 is 5.32 Å². The largest absolute Gasteiger partial charge is 0.351 e. The molecule has 0 radical (unpaired) electrons. The first-order chi connectivity index (χ1) is 11.3. The number of aromatic nitrogens is 1. The first-order valence-electron chi connectivity index (χ1n) is 8.52. The summed E-state index contributed by atoms with van der Waals surface area (Å²) in [6.07, 6.45) is 2.18. The molecule has 1 aromatic heterocycles. The molecule has 0 aliphatic carbocycles. The highest BCUT2D eigenvalue weighted by molar-refractivity contribution is 5.93. The number of nitrogens with one attached hydrogen (secondary N) is 2. The Morgan fingerprint density at radius 1 is 1.17 bits per heavy atom. The number of aromatic amines is 1. The average Bonchev–Trinajstić information content (AvgIpc) is 3.11. The van der Waals surface area contributed by atoms with Gasteiger partial charge in [0.05, 0.1) is 0 Å². The number of hydrogen-bond acceptors (Lipinski definition) is 2. The maximum Gasteiger partial charge on any atom is 0.270 e. The van der Waals surface area contributed by atoms with Crippen molar-refractivity contribution < 1.29 is 4.79 Å². The van der Waals surface area contributed by atoms with E-state index in [1.807, 2.05) is 47.4 Å². The van der Waals surface area contributed by atoms with E-state index < -0.39 is 0 Å². The van der Waals surface area contributed by atoms with Crippen molar-refractivity contribution in [1.29, 1.82) is 0 Å². The summed E-state index contributed by atoms with van der Waals surface area (Å²) in [5, 5.41) is 3.41. The molecule has 1 aliphatic rings. The molecule has 1 aliphatic heterocycles. The molecule has 3 rings (SSSR count). The summed E-state index contributed by atoms with van der Waals surface area (Å²) in [5.41, 5.74) is 2.79. The van der Waals surface area contributed by atoms with Crippen molar-refractivity contribution in [3.63, 3.8) is 0 Å². The molecule has 24 heavy (non-hydrogen) atoms. The predicted octanol–water partition coefficient (Wildman–Crippen LogP) is 3.57. The summed E-state index contributed by atoms with van der Waals surface area (Å²) in [7, 11) is 0. The van der Waals surface area contributed by atoms with Gasteiger partial charge in [-0.2, -0.15) is 0 Å². The number of carbonyl (C=O) groups excluding carboxylic acids is 1. The standard InChI is InChI=1S/C19H25N3O.ClH/c1-2-20-14-15-10-12-22(13-11-15)19(23)18-9-8-17(21-18)16-6-4-3-5-7-16;/h3-9,15,20-21H,2,10-14H2,1H3;1H. The van der Waals surface area contributed by atoms with E-state index in [1.165, 1.54) is 0 Å². The summed E-state index contributed by atoms with van der Waals surface area (Å²) in [5.74, 6) is 0.816. The van der Waals surface area contributed by atoms with Gasteiger partial charge in [0.15, 0.2) is 0 Å². The topological polar surface area (TPSA) is 48.1 Å². The third-order valence-electron chi connectivity index (χ3n) is 4.59. The Kier molecular flexibility index (Phi) is 6.88. The quantitative estimate of drug-likeness (QED) is 0.868. The van der Waals surface area contributed by atoms with Crippen LogP contribution >= 0.6 is 12.4 Å². The van der Waals surface area contributed by atoms with Gasteiger partial charge in [-0.1, -0.05) is 37.3 Å².